The molecule has 8 heteroatoms. The first-order chi connectivity index (χ1) is 9.97. The maximum atomic E-state index is 13.2. The Morgan fingerprint density at radius 3 is 2.57 bits per heavy atom. The first-order valence-corrected chi connectivity index (χ1v) is 8.41. The lowest BCUT2D eigenvalue weighted by atomic mass is 10.2. The van der Waals surface area contributed by atoms with E-state index in [1.807, 2.05) is 4.90 Å². The number of nitrogens with zero attached hydrogens (tertiary/aromatic N) is 3. The Morgan fingerprint density at radius 1 is 1.33 bits per heavy atom. The Morgan fingerprint density at radius 2 is 2.00 bits per heavy atom. The molecule has 2 rings (SSSR count). The fourth-order valence-electron chi connectivity index (χ4n) is 2.38. The minimum absolute atomic E-state index is 0.196. The number of hydrogen-bond acceptors (Lipinski definition) is 5. The van der Waals surface area contributed by atoms with E-state index in [4.69, 9.17) is 0 Å². The molecular weight excluding hydrogens is 297 g/mol. The zero-order valence-corrected chi connectivity index (χ0v) is 12.6. The number of rotatable bonds is 5. The SMILES string of the molecule is CS(=O)CCN1CCN(c2ccc(F)cc2[N+](=O)[O-])CC1. The highest BCUT2D eigenvalue weighted by molar-refractivity contribution is 7.84. The number of benzene rings is 1. The van der Waals surface area contributed by atoms with Gasteiger partial charge in [0.2, 0.25) is 0 Å². The predicted molar refractivity (Wildman–Crippen MR) is 80.6 cm³/mol. The monoisotopic (exact) mass is 315 g/mol. The van der Waals surface area contributed by atoms with Crippen molar-refractivity contribution < 1.29 is 13.5 Å². The maximum absolute atomic E-state index is 13.2. The quantitative estimate of drug-likeness (QED) is 0.604. The van der Waals surface area contributed by atoms with Gasteiger partial charge in [0.1, 0.15) is 11.5 Å². The third-order valence-electron chi connectivity index (χ3n) is 3.54. The maximum Gasteiger partial charge on any atom is 0.295 e. The lowest BCUT2D eigenvalue weighted by Crippen LogP contribution is -2.47. The van der Waals surface area contributed by atoms with E-state index in [2.05, 4.69) is 4.90 Å². The van der Waals surface area contributed by atoms with Crippen LogP contribution in [0.2, 0.25) is 0 Å². The Bertz CT molecular complexity index is 547. The zero-order valence-electron chi connectivity index (χ0n) is 11.8. The fourth-order valence-corrected chi connectivity index (χ4v) is 2.90. The summed E-state index contributed by atoms with van der Waals surface area (Å²) in [6, 6.07) is 3.67. The molecule has 1 heterocycles. The molecule has 6 nitrogen and oxygen atoms in total. The second-order valence-corrected chi connectivity index (χ2v) is 6.55. The van der Waals surface area contributed by atoms with Crippen LogP contribution in [0, 0.1) is 15.9 Å². The molecule has 0 saturated carbocycles. The molecule has 1 atom stereocenters. The summed E-state index contributed by atoms with van der Waals surface area (Å²) in [4.78, 5) is 14.6. The summed E-state index contributed by atoms with van der Waals surface area (Å²) < 4.78 is 24.2. The molecule has 1 aromatic carbocycles. The molecule has 1 aliphatic heterocycles. The topological polar surface area (TPSA) is 66.7 Å². The predicted octanol–water partition coefficient (Wildman–Crippen LogP) is 1.23. The second kappa shape index (κ2) is 6.95. The zero-order chi connectivity index (χ0) is 15.4. The smallest absolute Gasteiger partial charge is 0.295 e. The number of nitro groups is 1. The van der Waals surface area contributed by atoms with Gasteiger partial charge in [-0.25, -0.2) is 4.39 Å². The van der Waals surface area contributed by atoms with E-state index in [1.54, 1.807) is 6.26 Å². The van der Waals surface area contributed by atoms with Crippen molar-refractivity contribution in [3.8, 4) is 0 Å². The fraction of sp³-hybridized carbons (Fsp3) is 0.538. The summed E-state index contributed by atoms with van der Waals surface area (Å²) in [5.74, 6) is 0.0333. The average molecular weight is 315 g/mol. The van der Waals surface area contributed by atoms with Gasteiger partial charge in [-0.05, 0) is 12.1 Å². The van der Waals surface area contributed by atoms with Gasteiger partial charge in [0.25, 0.3) is 5.69 Å². The van der Waals surface area contributed by atoms with Crippen LogP contribution >= 0.6 is 0 Å². The number of anilines is 1. The van der Waals surface area contributed by atoms with E-state index in [1.165, 1.54) is 12.1 Å². The normalized spacial score (nSPS) is 17.7. The Hall–Kier alpha value is -1.54. The van der Waals surface area contributed by atoms with Crippen LogP contribution in [0.4, 0.5) is 15.8 Å². The van der Waals surface area contributed by atoms with E-state index >= 15 is 0 Å². The van der Waals surface area contributed by atoms with Crippen LogP contribution in [0.1, 0.15) is 0 Å². The van der Waals surface area contributed by atoms with E-state index in [9.17, 15) is 18.7 Å². The highest BCUT2D eigenvalue weighted by Gasteiger charge is 2.24. The van der Waals surface area contributed by atoms with Gasteiger partial charge in [-0.2, -0.15) is 0 Å². The summed E-state index contributed by atoms with van der Waals surface area (Å²) >= 11 is 0. The number of halogens is 1. The van der Waals surface area contributed by atoms with E-state index in [-0.39, 0.29) is 5.69 Å². The molecule has 1 unspecified atom stereocenters. The van der Waals surface area contributed by atoms with Crippen LogP contribution in [0.25, 0.3) is 0 Å². The molecular formula is C13H18FN3O3S. The average Bonchev–Trinajstić information content (AvgIpc) is 2.45. The Labute approximate surface area is 125 Å². The van der Waals surface area contributed by atoms with Gasteiger partial charge >= 0.3 is 0 Å². The van der Waals surface area contributed by atoms with Gasteiger partial charge in [-0.1, -0.05) is 0 Å². The third-order valence-corrected chi connectivity index (χ3v) is 4.30. The molecule has 0 aromatic heterocycles. The minimum atomic E-state index is -0.811. The molecule has 1 aliphatic rings. The molecule has 1 saturated heterocycles. The van der Waals surface area contributed by atoms with Crippen LogP contribution in [-0.2, 0) is 10.8 Å². The minimum Gasteiger partial charge on any atom is -0.363 e. The van der Waals surface area contributed by atoms with Gasteiger partial charge < -0.3 is 4.90 Å². The van der Waals surface area contributed by atoms with Gasteiger partial charge in [0, 0.05) is 55.5 Å². The second-order valence-electron chi connectivity index (χ2n) is 5.00. The van der Waals surface area contributed by atoms with Gasteiger partial charge in [-0.3, -0.25) is 19.2 Å². The van der Waals surface area contributed by atoms with Crippen molar-refractivity contribution in [3.63, 3.8) is 0 Å². The first-order valence-electron chi connectivity index (χ1n) is 6.68. The van der Waals surface area contributed by atoms with Crippen LogP contribution in [-0.4, -0.2) is 58.8 Å². The highest BCUT2D eigenvalue weighted by Crippen LogP contribution is 2.29. The van der Waals surface area contributed by atoms with Crippen molar-refractivity contribution >= 4 is 22.2 Å². The summed E-state index contributed by atoms with van der Waals surface area (Å²) in [5, 5.41) is 11.0. The molecule has 21 heavy (non-hydrogen) atoms. The van der Waals surface area contributed by atoms with Crippen molar-refractivity contribution in [1.29, 1.82) is 0 Å². The number of hydrogen-bond donors (Lipinski definition) is 0. The van der Waals surface area contributed by atoms with Crippen molar-refractivity contribution in [2.45, 2.75) is 0 Å². The largest absolute Gasteiger partial charge is 0.363 e. The molecule has 1 fully saturated rings. The van der Waals surface area contributed by atoms with Gasteiger partial charge in [0.15, 0.2) is 0 Å². The molecule has 0 aliphatic carbocycles. The summed E-state index contributed by atoms with van der Waals surface area (Å²) in [6.07, 6.45) is 1.68. The number of piperazine rings is 1. The van der Waals surface area contributed by atoms with Crippen LogP contribution in [0.3, 0.4) is 0 Å². The molecule has 116 valence electrons. The van der Waals surface area contributed by atoms with Crippen LogP contribution < -0.4 is 4.90 Å². The lowest BCUT2D eigenvalue weighted by molar-refractivity contribution is -0.384. The van der Waals surface area contributed by atoms with Crippen molar-refractivity contribution in [2.75, 3.05) is 49.6 Å². The van der Waals surface area contributed by atoms with Crippen molar-refractivity contribution in [3.05, 3.63) is 34.1 Å². The Kier molecular flexibility index (Phi) is 5.24. The van der Waals surface area contributed by atoms with Crippen LogP contribution in [0.5, 0.6) is 0 Å². The standard InChI is InChI=1S/C13H18FN3O3S/c1-21(20)9-8-15-4-6-16(7-5-15)12-3-2-11(14)10-13(12)17(18)19/h2-3,10H,4-9H2,1H3. The molecule has 0 N–H and O–H groups in total. The number of nitro benzene ring substituents is 1. The summed E-state index contributed by atoms with van der Waals surface area (Å²) in [7, 11) is -0.811. The first kappa shape index (κ1) is 15.8. The molecule has 0 amide bonds. The third kappa shape index (κ3) is 4.21. The molecule has 1 aromatic rings. The van der Waals surface area contributed by atoms with Crippen LogP contribution in [0.15, 0.2) is 18.2 Å². The van der Waals surface area contributed by atoms with E-state index in [0.29, 0.717) is 24.5 Å². The van der Waals surface area contributed by atoms with Crippen molar-refractivity contribution in [2.24, 2.45) is 0 Å². The molecule has 0 spiro atoms. The van der Waals surface area contributed by atoms with Gasteiger partial charge in [0.05, 0.1) is 11.0 Å². The molecule has 0 bridgehead atoms. The van der Waals surface area contributed by atoms with Crippen molar-refractivity contribution in [1.82, 2.24) is 4.90 Å². The van der Waals surface area contributed by atoms with E-state index < -0.39 is 21.5 Å². The van der Waals surface area contributed by atoms with Gasteiger partial charge in [-0.15, -0.1) is 0 Å². The highest BCUT2D eigenvalue weighted by atomic mass is 32.2. The lowest BCUT2D eigenvalue weighted by Gasteiger charge is -2.35. The van der Waals surface area contributed by atoms with E-state index in [0.717, 1.165) is 25.7 Å². The summed E-state index contributed by atoms with van der Waals surface area (Å²) in [5.41, 5.74) is 0.262. The molecule has 0 radical (unpaired) electrons. The Balaban J connectivity index is 2.02. The summed E-state index contributed by atoms with van der Waals surface area (Å²) in [6.45, 7) is 3.56.